The molecule has 2 aliphatic rings. The van der Waals surface area contributed by atoms with Gasteiger partial charge in [-0.3, -0.25) is 0 Å². The minimum Gasteiger partial charge on any atom is -0.421 e. The molecule has 1 aromatic heterocycles. The van der Waals surface area contributed by atoms with E-state index in [1.807, 2.05) is 24.3 Å². The molecule has 5 heteroatoms. The van der Waals surface area contributed by atoms with Crippen molar-refractivity contribution in [1.82, 2.24) is 0 Å². The number of aliphatic imine (C=N–C) groups is 1. The van der Waals surface area contributed by atoms with E-state index in [1.165, 1.54) is 21.8 Å². The van der Waals surface area contributed by atoms with Crippen LogP contribution in [0.5, 0.6) is 0 Å². The first-order chi connectivity index (χ1) is 12.7. The summed E-state index contributed by atoms with van der Waals surface area (Å²) in [6.45, 7) is 2.10. The molecule has 0 spiro atoms. The molecule has 2 aromatic rings. The fourth-order valence-electron chi connectivity index (χ4n) is 3.34. The Morgan fingerprint density at radius 1 is 1.23 bits per heavy atom. The van der Waals surface area contributed by atoms with Gasteiger partial charge < -0.3 is 4.74 Å². The van der Waals surface area contributed by atoms with Gasteiger partial charge in [-0.25, -0.2) is 9.79 Å². The Kier molecular flexibility index (Phi) is 4.44. The third-order valence-corrected chi connectivity index (χ3v) is 6.00. The van der Waals surface area contributed by atoms with Gasteiger partial charge in [-0.1, -0.05) is 31.2 Å². The zero-order valence-corrected chi connectivity index (χ0v) is 15.4. The van der Waals surface area contributed by atoms with Crippen LogP contribution in [-0.2, 0) is 28.8 Å². The number of rotatable bonds is 3. The molecule has 4 nitrogen and oxygen atoms in total. The molecule has 26 heavy (non-hydrogen) atoms. The predicted molar refractivity (Wildman–Crippen MR) is 103 cm³/mol. The number of cyclic esters (lactones) is 1. The summed E-state index contributed by atoms with van der Waals surface area (Å²) in [5.41, 5.74) is 4.09. The quantitative estimate of drug-likeness (QED) is 0.742. The number of hydrogen-bond donors (Lipinski definition) is 0. The van der Waals surface area contributed by atoms with Crippen molar-refractivity contribution in [3.63, 3.8) is 0 Å². The summed E-state index contributed by atoms with van der Waals surface area (Å²) in [5, 5.41) is 10.2. The highest BCUT2D eigenvalue weighted by Gasteiger charge is 2.26. The Bertz CT molecular complexity index is 975. The van der Waals surface area contributed by atoms with Gasteiger partial charge in [0.25, 0.3) is 0 Å². The van der Waals surface area contributed by atoms with Crippen LogP contribution in [0.15, 0.2) is 35.3 Å². The number of hydrogen-bond acceptors (Lipinski definition) is 5. The number of ether oxygens (including phenoxy) is 1. The summed E-state index contributed by atoms with van der Waals surface area (Å²) in [4.78, 5) is 18.0. The highest BCUT2D eigenvalue weighted by Crippen LogP contribution is 2.40. The van der Waals surface area contributed by atoms with Gasteiger partial charge in [0, 0.05) is 16.5 Å². The van der Waals surface area contributed by atoms with Crippen LogP contribution in [0.25, 0.3) is 5.76 Å². The standard InChI is InChI=1S/C21H18N2O2S/c1-2-13-7-9-14(10-8-13)18-11-17(21(24)25-18)23-20-16(12-22)15-5-3-4-6-19(15)26-20/h7-11H,2-6H2,1H3/b23-17+. The fourth-order valence-corrected chi connectivity index (χ4v) is 4.57. The zero-order valence-electron chi connectivity index (χ0n) is 14.5. The lowest BCUT2D eigenvalue weighted by molar-refractivity contribution is -0.128. The van der Waals surface area contributed by atoms with Crippen molar-refractivity contribution in [3.8, 4) is 6.07 Å². The maximum Gasteiger partial charge on any atom is 0.362 e. The van der Waals surface area contributed by atoms with Crippen LogP contribution in [-0.4, -0.2) is 11.7 Å². The van der Waals surface area contributed by atoms with E-state index < -0.39 is 5.97 Å². The number of fused-ring (bicyclic) bond motifs is 1. The van der Waals surface area contributed by atoms with E-state index in [9.17, 15) is 10.1 Å². The van der Waals surface area contributed by atoms with E-state index >= 15 is 0 Å². The van der Waals surface area contributed by atoms with Crippen molar-refractivity contribution in [2.45, 2.75) is 39.0 Å². The van der Waals surface area contributed by atoms with E-state index in [0.29, 0.717) is 16.3 Å². The molecule has 1 aromatic carbocycles. The Morgan fingerprint density at radius 2 is 2.00 bits per heavy atom. The molecule has 1 aliphatic heterocycles. The number of aryl methyl sites for hydroxylation is 2. The van der Waals surface area contributed by atoms with Crippen molar-refractivity contribution >= 4 is 33.8 Å². The smallest absolute Gasteiger partial charge is 0.362 e. The van der Waals surface area contributed by atoms with Gasteiger partial charge >= 0.3 is 5.97 Å². The van der Waals surface area contributed by atoms with Gasteiger partial charge in [0.1, 0.15) is 16.8 Å². The largest absolute Gasteiger partial charge is 0.421 e. The van der Waals surface area contributed by atoms with Crippen LogP contribution in [0.4, 0.5) is 5.00 Å². The summed E-state index contributed by atoms with van der Waals surface area (Å²) < 4.78 is 5.39. The molecule has 130 valence electrons. The summed E-state index contributed by atoms with van der Waals surface area (Å²) in [6, 6.07) is 10.2. The molecule has 0 fully saturated rings. The highest BCUT2D eigenvalue weighted by molar-refractivity contribution is 7.16. The van der Waals surface area contributed by atoms with Gasteiger partial charge in [-0.15, -0.1) is 11.3 Å². The van der Waals surface area contributed by atoms with E-state index in [0.717, 1.165) is 43.2 Å². The lowest BCUT2D eigenvalue weighted by atomic mass is 9.96. The van der Waals surface area contributed by atoms with E-state index in [-0.39, 0.29) is 5.71 Å². The van der Waals surface area contributed by atoms with E-state index in [1.54, 1.807) is 6.08 Å². The monoisotopic (exact) mass is 362 g/mol. The highest BCUT2D eigenvalue weighted by atomic mass is 32.1. The van der Waals surface area contributed by atoms with Crippen LogP contribution in [0, 0.1) is 11.3 Å². The third-order valence-electron chi connectivity index (χ3n) is 4.81. The normalized spacial score (nSPS) is 17.6. The summed E-state index contributed by atoms with van der Waals surface area (Å²) >= 11 is 1.53. The number of carbonyl (C=O) groups is 1. The van der Waals surface area contributed by atoms with Crippen molar-refractivity contribution in [3.05, 3.63) is 57.5 Å². The Labute approximate surface area is 156 Å². The average Bonchev–Trinajstić information content (AvgIpc) is 3.22. The average molecular weight is 362 g/mol. The van der Waals surface area contributed by atoms with Crippen LogP contribution < -0.4 is 0 Å². The molecular formula is C21H18N2O2S. The first-order valence-electron chi connectivity index (χ1n) is 8.86. The Balaban J connectivity index is 1.69. The molecule has 0 amide bonds. The molecule has 0 saturated heterocycles. The van der Waals surface area contributed by atoms with Crippen LogP contribution >= 0.6 is 11.3 Å². The molecule has 0 unspecified atom stereocenters. The minimum atomic E-state index is -0.463. The van der Waals surface area contributed by atoms with E-state index in [4.69, 9.17) is 4.74 Å². The number of esters is 1. The van der Waals surface area contributed by atoms with Gasteiger partial charge in [-0.2, -0.15) is 5.26 Å². The van der Waals surface area contributed by atoms with Crippen molar-refractivity contribution in [2.75, 3.05) is 0 Å². The molecule has 4 rings (SSSR count). The van der Waals surface area contributed by atoms with Gasteiger partial charge in [0.15, 0.2) is 5.71 Å². The second-order valence-electron chi connectivity index (χ2n) is 6.45. The molecule has 0 atom stereocenters. The van der Waals surface area contributed by atoms with Crippen LogP contribution in [0.2, 0.25) is 0 Å². The van der Waals surface area contributed by atoms with Crippen molar-refractivity contribution in [2.24, 2.45) is 4.99 Å². The van der Waals surface area contributed by atoms with Gasteiger partial charge in [0.2, 0.25) is 0 Å². The Morgan fingerprint density at radius 3 is 2.73 bits per heavy atom. The molecule has 2 heterocycles. The Hall–Kier alpha value is -2.71. The predicted octanol–water partition coefficient (Wildman–Crippen LogP) is 4.73. The number of carbonyl (C=O) groups excluding carboxylic acids is 1. The molecule has 0 bridgehead atoms. The van der Waals surface area contributed by atoms with Crippen LogP contribution in [0.1, 0.15) is 46.9 Å². The second-order valence-corrected chi connectivity index (χ2v) is 7.53. The number of nitrogens with zero attached hydrogens (tertiary/aromatic N) is 2. The summed E-state index contributed by atoms with van der Waals surface area (Å²) in [6.07, 6.45) is 6.81. The fraction of sp³-hybridized carbons (Fsp3) is 0.286. The van der Waals surface area contributed by atoms with E-state index in [2.05, 4.69) is 18.0 Å². The topological polar surface area (TPSA) is 62.5 Å². The first kappa shape index (κ1) is 16.7. The summed E-state index contributed by atoms with van der Waals surface area (Å²) in [5.74, 6) is 0.0473. The van der Waals surface area contributed by atoms with Gasteiger partial charge in [-0.05, 0) is 43.2 Å². The van der Waals surface area contributed by atoms with Crippen molar-refractivity contribution in [1.29, 1.82) is 5.26 Å². The third kappa shape index (κ3) is 2.97. The molecule has 0 radical (unpaired) electrons. The zero-order chi connectivity index (χ0) is 18.1. The van der Waals surface area contributed by atoms with Crippen molar-refractivity contribution < 1.29 is 9.53 Å². The summed E-state index contributed by atoms with van der Waals surface area (Å²) in [7, 11) is 0. The lowest BCUT2D eigenvalue weighted by Gasteiger charge is -2.09. The molecule has 1 aliphatic carbocycles. The number of nitriles is 1. The number of thiophene rings is 1. The van der Waals surface area contributed by atoms with Crippen LogP contribution in [0.3, 0.4) is 0 Å². The minimum absolute atomic E-state index is 0.259. The maximum absolute atomic E-state index is 12.2. The first-order valence-corrected chi connectivity index (χ1v) is 9.67. The molecular weight excluding hydrogens is 344 g/mol. The molecule has 0 saturated carbocycles. The SMILES string of the molecule is CCc1ccc(C2=C/C(=N\c3sc4c(c3C#N)CCCC4)C(=O)O2)cc1. The molecule has 0 N–H and O–H groups in total. The second kappa shape index (κ2) is 6.89. The van der Waals surface area contributed by atoms with Gasteiger partial charge in [0.05, 0.1) is 5.56 Å². The maximum atomic E-state index is 12.2. The lowest BCUT2D eigenvalue weighted by Crippen LogP contribution is -2.06. The number of benzene rings is 1.